The standard InChI is InChI=1S/C21H22N2O4/c1-3-22(9-16-7-20-18(5-14(1)16)24-12-26-20)11-23-4-2-15-6-19-21(27-13-25-19)8-17(15)10-23/h5-8H,1-4,9-13H2. The predicted octanol–water partition coefficient (Wildman–Crippen LogP) is 2.52. The zero-order valence-electron chi connectivity index (χ0n) is 15.2. The SMILES string of the molecule is c1c2c(cc3c1OCO3)CN(CN1CCc3cc4c(cc3C1)OCO4)CC2. The molecule has 2 aromatic rings. The number of fused-ring (bicyclic) bond motifs is 4. The van der Waals surface area contributed by atoms with Crippen LogP contribution in [0.15, 0.2) is 24.3 Å². The molecule has 0 aromatic heterocycles. The number of hydrogen-bond donors (Lipinski definition) is 0. The minimum atomic E-state index is 0.341. The van der Waals surface area contributed by atoms with Gasteiger partial charge in [0.15, 0.2) is 23.0 Å². The van der Waals surface area contributed by atoms with Gasteiger partial charge in [0.25, 0.3) is 0 Å². The first-order valence-corrected chi connectivity index (χ1v) is 9.59. The zero-order chi connectivity index (χ0) is 17.8. The number of rotatable bonds is 2. The van der Waals surface area contributed by atoms with E-state index in [1.54, 1.807) is 0 Å². The summed E-state index contributed by atoms with van der Waals surface area (Å²) in [6.07, 6.45) is 2.13. The summed E-state index contributed by atoms with van der Waals surface area (Å²) in [6, 6.07) is 8.65. The Bertz CT molecular complexity index is 840. The summed E-state index contributed by atoms with van der Waals surface area (Å²) in [5, 5.41) is 0. The largest absolute Gasteiger partial charge is 0.454 e. The summed E-state index contributed by atoms with van der Waals surface area (Å²) in [4.78, 5) is 5.06. The highest BCUT2D eigenvalue weighted by atomic mass is 16.7. The molecule has 0 amide bonds. The van der Waals surface area contributed by atoms with Gasteiger partial charge < -0.3 is 18.9 Å². The van der Waals surface area contributed by atoms with E-state index in [1.807, 2.05) is 0 Å². The average Bonchev–Trinajstić information content (AvgIpc) is 3.32. The lowest BCUT2D eigenvalue weighted by Gasteiger charge is -2.36. The van der Waals surface area contributed by atoms with Crippen LogP contribution >= 0.6 is 0 Å². The smallest absolute Gasteiger partial charge is 0.231 e. The van der Waals surface area contributed by atoms with E-state index in [2.05, 4.69) is 34.1 Å². The molecule has 6 nitrogen and oxygen atoms in total. The van der Waals surface area contributed by atoms with Gasteiger partial charge in [-0.15, -0.1) is 0 Å². The van der Waals surface area contributed by atoms with Crippen LogP contribution in [0.2, 0.25) is 0 Å². The minimum absolute atomic E-state index is 0.341. The Balaban J connectivity index is 1.16. The van der Waals surface area contributed by atoms with Crippen molar-refractivity contribution in [1.29, 1.82) is 0 Å². The van der Waals surface area contributed by atoms with Gasteiger partial charge in [-0.2, -0.15) is 0 Å². The van der Waals surface area contributed by atoms with Gasteiger partial charge in [0.1, 0.15) is 0 Å². The first-order valence-electron chi connectivity index (χ1n) is 9.59. The molecular formula is C21H22N2O4. The van der Waals surface area contributed by atoms with Crippen LogP contribution in [0.25, 0.3) is 0 Å². The molecule has 0 fully saturated rings. The molecule has 6 heteroatoms. The number of benzene rings is 2. The Morgan fingerprint density at radius 1 is 0.593 bits per heavy atom. The molecule has 140 valence electrons. The molecule has 0 aliphatic carbocycles. The van der Waals surface area contributed by atoms with Gasteiger partial charge in [0.2, 0.25) is 13.6 Å². The van der Waals surface area contributed by atoms with E-state index in [4.69, 9.17) is 18.9 Å². The maximum atomic E-state index is 5.55. The topological polar surface area (TPSA) is 43.4 Å². The van der Waals surface area contributed by atoms with Crippen LogP contribution in [0.4, 0.5) is 0 Å². The third-order valence-electron chi connectivity index (χ3n) is 5.97. The molecule has 4 heterocycles. The molecule has 0 spiro atoms. The normalized spacial score (nSPS) is 20.4. The summed E-state index contributed by atoms with van der Waals surface area (Å²) >= 11 is 0. The first kappa shape index (κ1) is 15.6. The van der Waals surface area contributed by atoms with E-state index in [-0.39, 0.29) is 0 Å². The molecule has 0 unspecified atom stereocenters. The monoisotopic (exact) mass is 366 g/mol. The molecule has 27 heavy (non-hydrogen) atoms. The maximum absolute atomic E-state index is 5.55. The van der Waals surface area contributed by atoms with E-state index in [1.165, 1.54) is 22.3 Å². The second kappa shape index (κ2) is 6.04. The fraction of sp³-hybridized carbons (Fsp3) is 0.429. The molecule has 0 saturated heterocycles. The highest BCUT2D eigenvalue weighted by Gasteiger charge is 2.26. The zero-order valence-corrected chi connectivity index (χ0v) is 15.2. The quantitative estimate of drug-likeness (QED) is 0.814. The van der Waals surface area contributed by atoms with Crippen LogP contribution in [0.3, 0.4) is 0 Å². The Kier molecular flexibility index (Phi) is 3.49. The van der Waals surface area contributed by atoms with Crippen LogP contribution in [0.1, 0.15) is 22.3 Å². The molecule has 0 radical (unpaired) electrons. The fourth-order valence-electron chi connectivity index (χ4n) is 4.53. The number of hydrogen-bond acceptors (Lipinski definition) is 6. The fourth-order valence-corrected chi connectivity index (χ4v) is 4.53. The lowest BCUT2D eigenvalue weighted by molar-refractivity contribution is 0.109. The summed E-state index contributed by atoms with van der Waals surface area (Å²) in [5.41, 5.74) is 5.52. The number of ether oxygens (including phenoxy) is 4. The van der Waals surface area contributed by atoms with Gasteiger partial charge in [-0.25, -0.2) is 0 Å². The van der Waals surface area contributed by atoms with Crippen LogP contribution in [-0.2, 0) is 25.9 Å². The van der Waals surface area contributed by atoms with Crippen molar-refractivity contribution in [2.45, 2.75) is 25.9 Å². The van der Waals surface area contributed by atoms with E-state index < -0.39 is 0 Å². The molecule has 2 aromatic carbocycles. The highest BCUT2D eigenvalue weighted by Crippen LogP contribution is 2.38. The molecule has 0 atom stereocenters. The predicted molar refractivity (Wildman–Crippen MR) is 98.2 cm³/mol. The van der Waals surface area contributed by atoms with Gasteiger partial charge in [-0.05, 0) is 59.4 Å². The minimum Gasteiger partial charge on any atom is -0.454 e. The van der Waals surface area contributed by atoms with Crippen molar-refractivity contribution in [3.63, 3.8) is 0 Å². The Morgan fingerprint density at radius 2 is 1.00 bits per heavy atom. The van der Waals surface area contributed by atoms with Gasteiger partial charge >= 0.3 is 0 Å². The molecule has 6 rings (SSSR count). The van der Waals surface area contributed by atoms with Crippen LogP contribution in [-0.4, -0.2) is 43.1 Å². The average molecular weight is 366 g/mol. The summed E-state index contributed by atoms with van der Waals surface area (Å²) in [6.45, 7) is 5.77. The van der Waals surface area contributed by atoms with Gasteiger partial charge in [0.05, 0.1) is 6.67 Å². The van der Waals surface area contributed by atoms with E-state index in [0.717, 1.165) is 68.7 Å². The second-order valence-corrected chi connectivity index (χ2v) is 7.69. The first-order chi connectivity index (χ1) is 13.3. The van der Waals surface area contributed by atoms with Crippen molar-refractivity contribution < 1.29 is 18.9 Å². The van der Waals surface area contributed by atoms with Crippen LogP contribution < -0.4 is 18.9 Å². The van der Waals surface area contributed by atoms with E-state index >= 15 is 0 Å². The van der Waals surface area contributed by atoms with Gasteiger partial charge in [-0.3, -0.25) is 9.80 Å². The van der Waals surface area contributed by atoms with E-state index in [9.17, 15) is 0 Å². The molecular weight excluding hydrogens is 344 g/mol. The Labute approximate surface area is 158 Å². The van der Waals surface area contributed by atoms with Crippen molar-refractivity contribution in [3.05, 3.63) is 46.5 Å². The lowest BCUT2D eigenvalue weighted by atomic mass is 9.98. The lowest BCUT2D eigenvalue weighted by Crippen LogP contribution is -2.42. The van der Waals surface area contributed by atoms with Crippen molar-refractivity contribution >= 4 is 0 Å². The second-order valence-electron chi connectivity index (χ2n) is 7.69. The van der Waals surface area contributed by atoms with Crippen molar-refractivity contribution in [1.82, 2.24) is 9.80 Å². The number of nitrogens with zero attached hydrogens (tertiary/aromatic N) is 2. The van der Waals surface area contributed by atoms with Crippen molar-refractivity contribution in [2.75, 3.05) is 33.3 Å². The molecule has 4 aliphatic rings. The van der Waals surface area contributed by atoms with E-state index in [0.29, 0.717) is 13.6 Å². The van der Waals surface area contributed by atoms with Crippen LogP contribution in [0.5, 0.6) is 23.0 Å². The Hall–Kier alpha value is -2.44. The third kappa shape index (κ3) is 2.71. The molecule has 0 N–H and O–H groups in total. The van der Waals surface area contributed by atoms with Gasteiger partial charge in [0, 0.05) is 26.2 Å². The Morgan fingerprint density at radius 3 is 1.44 bits per heavy atom. The summed E-state index contributed by atoms with van der Waals surface area (Å²) in [5.74, 6) is 3.57. The van der Waals surface area contributed by atoms with Crippen molar-refractivity contribution in [3.8, 4) is 23.0 Å². The van der Waals surface area contributed by atoms with Crippen LogP contribution in [0, 0.1) is 0 Å². The molecule has 0 bridgehead atoms. The maximum Gasteiger partial charge on any atom is 0.231 e. The highest BCUT2D eigenvalue weighted by molar-refractivity contribution is 5.50. The van der Waals surface area contributed by atoms with Crippen molar-refractivity contribution in [2.24, 2.45) is 0 Å². The molecule has 0 saturated carbocycles. The molecule has 4 aliphatic heterocycles. The summed E-state index contributed by atoms with van der Waals surface area (Å²) < 4.78 is 22.1. The third-order valence-corrected chi connectivity index (χ3v) is 5.97. The summed E-state index contributed by atoms with van der Waals surface area (Å²) in [7, 11) is 0. The van der Waals surface area contributed by atoms with Gasteiger partial charge in [-0.1, -0.05) is 0 Å².